The molecule has 2 amide bonds. The molecule has 0 radical (unpaired) electrons. The molecule has 1 N–H and O–H groups in total. The number of nitrogens with zero attached hydrogens (tertiary/aromatic N) is 5. The summed E-state index contributed by atoms with van der Waals surface area (Å²) in [7, 11) is 0. The van der Waals surface area contributed by atoms with Crippen molar-refractivity contribution in [2.45, 2.75) is 33.0 Å². The number of benzene rings is 1. The van der Waals surface area contributed by atoms with E-state index in [-0.39, 0.29) is 42.7 Å². The number of pyridine rings is 1. The molecule has 3 aromatic heterocycles. The van der Waals surface area contributed by atoms with Gasteiger partial charge in [-0.2, -0.15) is 9.61 Å². The Morgan fingerprint density at radius 1 is 1.09 bits per heavy atom. The van der Waals surface area contributed by atoms with Crippen LogP contribution >= 0.6 is 0 Å². The van der Waals surface area contributed by atoms with Gasteiger partial charge in [-0.15, -0.1) is 0 Å². The summed E-state index contributed by atoms with van der Waals surface area (Å²) in [5.74, 6) is -0.529. The molecule has 0 spiro atoms. The molecule has 1 aromatic carbocycles. The molecule has 4 aromatic rings. The first kappa shape index (κ1) is 21.6. The highest BCUT2D eigenvalue weighted by atomic mass is 16.2. The van der Waals surface area contributed by atoms with Crippen molar-refractivity contribution in [1.82, 2.24) is 29.4 Å². The van der Waals surface area contributed by atoms with Gasteiger partial charge in [0, 0.05) is 24.4 Å². The van der Waals surface area contributed by atoms with E-state index in [4.69, 9.17) is 0 Å². The van der Waals surface area contributed by atoms with Gasteiger partial charge in [0.05, 0.1) is 30.0 Å². The van der Waals surface area contributed by atoms with E-state index in [0.717, 1.165) is 17.7 Å². The maximum atomic E-state index is 13.3. The van der Waals surface area contributed by atoms with Gasteiger partial charge in [0.1, 0.15) is 17.9 Å². The Kier molecular flexibility index (Phi) is 5.67. The molecule has 0 unspecified atom stereocenters. The van der Waals surface area contributed by atoms with Crippen molar-refractivity contribution in [1.29, 1.82) is 0 Å². The van der Waals surface area contributed by atoms with Crippen LogP contribution in [0.4, 0.5) is 0 Å². The van der Waals surface area contributed by atoms with Crippen molar-refractivity contribution < 1.29 is 9.59 Å². The zero-order valence-electron chi connectivity index (χ0n) is 18.8. The average Bonchev–Trinajstić information content (AvgIpc) is 3.45. The Hall–Kier alpha value is -4.27. The van der Waals surface area contributed by atoms with E-state index in [1.54, 1.807) is 21.7 Å². The van der Waals surface area contributed by atoms with Gasteiger partial charge in [-0.1, -0.05) is 43.3 Å². The number of amides is 2. The maximum absolute atomic E-state index is 13.3. The SMILES string of the molecule is CCCN1Cc2c(n(CC(=O)NCc3ccccn3)c3cc(-c4ccccc4)nn3c2=O)C1=O. The minimum absolute atomic E-state index is 0.120. The standard InChI is InChI=1S/C25H24N6O3/c1-2-12-29-15-19-23(25(29)34)30(16-21(32)27-14-18-10-6-7-11-26-18)22-13-20(28-31(22)24(19)33)17-8-4-3-5-9-17/h3-11,13H,2,12,14-16H2,1H3,(H,27,32). The zero-order valence-corrected chi connectivity index (χ0v) is 18.8. The first-order valence-electron chi connectivity index (χ1n) is 11.2. The predicted molar refractivity (Wildman–Crippen MR) is 126 cm³/mol. The fourth-order valence-electron chi connectivity index (χ4n) is 4.27. The van der Waals surface area contributed by atoms with Crippen LogP contribution in [0.5, 0.6) is 0 Å². The summed E-state index contributed by atoms with van der Waals surface area (Å²) in [4.78, 5) is 45.3. The van der Waals surface area contributed by atoms with Crippen LogP contribution in [0.2, 0.25) is 0 Å². The number of aromatic nitrogens is 4. The van der Waals surface area contributed by atoms with Gasteiger partial charge in [-0.05, 0) is 18.6 Å². The van der Waals surface area contributed by atoms with Crippen LogP contribution in [0.15, 0.2) is 65.6 Å². The van der Waals surface area contributed by atoms with Crippen LogP contribution in [-0.4, -0.2) is 42.4 Å². The third-order valence-electron chi connectivity index (χ3n) is 5.87. The summed E-state index contributed by atoms with van der Waals surface area (Å²) in [6.45, 7) is 2.88. The highest BCUT2D eigenvalue weighted by molar-refractivity contribution is 5.98. The first-order valence-corrected chi connectivity index (χ1v) is 11.2. The second kappa shape index (κ2) is 8.93. The van der Waals surface area contributed by atoms with E-state index in [0.29, 0.717) is 23.4 Å². The Bertz CT molecular complexity index is 1430. The molecule has 5 rings (SSSR count). The van der Waals surface area contributed by atoms with Crippen molar-refractivity contribution in [3.05, 3.63) is 88.1 Å². The van der Waals surface area contributed by atoms with E-state index in [1.807, 2.05) is 55.5 Å². The molecule has 0 bridgehead atoms. The molecular formula is C25H24N6O3. The van der Waals surface area contributed by atoms with Gasteiger partial charge in [0.25, 0.3) is 11.5 Å². The number of hydrogen-bond acceptors (Lipinski definition) is 5. The van der Waals surface area contributed by atoms with Crippen LogP contribution in [0.3, 0.4) is 0 Å². The molecule has 9 heteroatoms. The second-order valence-corrected chi connectivity index (χ2v) is 8.21. The van der Waals surface area contributed by atoms with E-state index >= 15 is 0 Å². The van der Waals surface area contributed by atoms with Crippen LogP contribution in [0.1, 0.15) is 35.1 Å². The average molecular weight is 457 g/mol. The van der Waals surface area contributed by atoms with Gasteiger partial charge in [0.15, 0.2) is 0 Å². The third kappa shape index (κ3) is 3.85. The molecule has 172 valence electrons. The lowest BCUT2D eigenvalue weighted by atomic mass is 10.1. The smallest absolute Gasteiger partial charge is 0.280 e. The molecule has 0 aliphatic carbocycles. The Balaban J connectivity index is 1.57. The van der Waals surface area contributed by atoms with Gasteiger partial charge in [-0.25, -0.2) is 0 Å². The van der Waals surface area contributed by atoms with Crippen molar-refractivity contribution in [3.63, 3.8) is 0 Å². The Morgan fingerprint density at radius 2 is 1.88 bits per heavy atom. The van der Waals surface area contributed by atoms with E-state index in [2.05, 4.69) is 15.4 Å². The number of nitrogens with one attached hydrogen (secondary N) is 1. The van der Waals surface area contributed by atoms with Gasteiger partial charge in [0.2, 0.25) is 5.91 Å². The van der Waals surface area contributed by atoms with E-state index in [1.165, 1.54) is 4.52 Å². The lowest BCUT2D eigenvalue weighted by molar-refractivity contribution is -0.121. The van der Waals surface area contributed by atoms with E-state index in [9.17, 15) is 14.4 Å². The topological polar surface area (TPSA) is 102 Å². The molecular weight excluding hydrogens is 432 g/mol. The fourth-order valence-corrected chi connectivity index (χ4v) is 4.27. The van der Waals surface area contributed by atoms with Gasteiger partial charge in [-0.3, -0.25) is 19.4 Å². The maximum Gasteiger partial charge on any atom is 0.280 e. The summed E-state index contributed by atoms with van der Waals surface area (Å²) in [6.07, 6.45) is 2.44. The second-order valence-electron chi connectivity index (χ2n) is 8.21. The number of carbonyl (C=O) groups excluding carboxylic acids is 2. The molecule has 0 fully saturated rings. The van der Waals surface area contributed by atoms with E-state index < -0.39 is 0 Å². The Labute approximate surface area is 195 Å². The summed E-state index contributed by atoms with van der Waals surface area (Å²) < 4.78 is 2.91. The summed E-state index contributed by atoms with van der Waals surface area (Å²) >= 11 is 0. The molecule has 4 heterocycles. The summed E-state index contributed by atoms with van der Waals surface area (Å²) in [6, 6.07) is 16.7. The monoisotopic (exact) mass is 456 g/mol. The van der Waals surface area contributed by atoms with Gasteiger partial charge < -0.3 is 14.8 Å². The molecule has 1 aliphatic rings. The van der Waals surface area contributed by atoms with Crippen LogP contribution in [-0.2, 0) is 24.4 Å². The number of fused-ring (bicyclic) bond motifs is 2. The highest BCUT2D eigenvalue weighted by Gasteiger charge is 2.34. The van der Waals surface area contributed by atoms with Gasteiger partial charge >= 0.3 is 0 Å². The number of rotatable bonds is 7. The van der Waals surface area contributed by atoms with Crippen molar-refractivity contribution in [2.24, 2.45) is 0 Å². The minimum Gasteiger partial charge on any atom is -0.349 e. The van der Waals surface area contributed by atoms with Crippen molar-refractivity contribution in [2.75, 3.05) is 6.54 Å². The minimum atomic E-state index is -0.329. The molecule has 0 saturated heterocycles. The lowest BCUT2D eigenvalue weighted by Gasteiger charge is -2.15. The largest absolute Gasteiger partial charge is 0.349 e. The van der Waals surface area contributed by atoms with Crippen molar-refractivity contribution in [3.8, 4) is 11.3 Å². The van der Waals surface area contributed by atoms with Crippen LogP contribution in [0.25, 0.3) is 16.9 Å². The predicted octanol–water partition coefficient (Wildman–Crippen LogP) is 2.24. The van der Waals surface area contributed by atoms with Crippen LogP contribution in [0, 0.1) is 0 Å². The molecule has 0 atom stereocenters. The van der Waals surface area contributed by atoms with Crippen molar-refractivity contribution >= 4 is 17.5 Å². The number of hydrogen-bond donors (Lipinski definition) is 1. The molecule has 34 heavy (non-hydrogen) atoms. The Morgan fingerprint density at radius 3 is 2.62 bits per heavy atom. The molecule has 0 saturated carbocycles. The quantitative estimate of drug-likeness (QED) is 0.460. The summed E-state index contributed by atoms with van der Waals surface area (Å²) in [5, 5.41) is 7.38. The third-order valence-corrected chi connectivity index (χ3v) is 5.87. The summed E-state index contributed by atoms with van der Waals surface area (Å²) in [5.41, 5.74) is 2.88. The first-order chi connectivity index (χ1) is 16.6. The number of carbonyl (C=O) groups is 2. The van der Waals surface area contributed by atoms with Crippen LogP contribution < -0.4 is 10.9 Å². The molecule has 1 aliphatic heterocycles. The lowest BCUT2D eigenvalue weighted by Crippen LogP contribution is -2.32. The fraction of sp³-hybridized carbons (Fsp3) is 0.240. The highest BCUT2D eigenvalue weighted by Crippen LogP contribution is 2.25. The normalized spacial score (nSPS) is 12.9. The zero-order chi connectivity index (χ0) is 23.7. The molecule has 9 nitrogen and oxygen atoms in total.